The second-order valence-corrected chi connectivity index (χ2v) is 6.15. The van der Waals surface area contributed by atoms with Crippen LogP contribution >= 0.6 is 0 Å². The van der Waals surface area contributed by atoms with E-state index >= 15 is 0 Å². The van der Waals surface area contributed by atoms with Gasteiger partial charge in [-0.3, -0.25) is 4.72 Å². The van der Waals surface area contributed by atoms with Crippen molar-refractivity contribution in [2.75, 3.05) is 11.8 Å². The summed E-state index contributed by atoms with van der Waals surface area (Å²) in [5.41, 5.74) is 6.48. The maximum atomic E-state index is 12.6. The molecule has 114 valence electrons. The Hall–Kier alpha value is -1.99. The number of nitrogens with two attached hydrogens (primary N) is 1. The van der Waals surface area contributed by atoms with E-state index in [0.29, 0.717) is 28.5 Å². The number of sulfonamides is 1. The second kappa shape index (κ2) is 5.79. The molecule has 6 nitrogen and oxygen atoms in total. The molecule has 1 aromatic heterocycles. The topological polar surface area (TPSA) is 94.6 Å². The number of ether oxygens (including phenoxy) is 1. The van der Waals surface area contributed by atoms with Gasteiger partial charge in [-0.15, -0.1) is 0 Å². The van der Waals surface area contributed by atoms with Crippen molar-refractivity contribution in [3.8, 4) is 5.75 Å². The lowest BCUT2D eigenvalue weighted by molar-refractivity contribution is 0.417. The fraction of sp³-hybridized carbons (Fsp3) is 0.286. The Bertz CT molecular complexity index is 750. The molecule has 0 bridgehead atoms. The van der Waals surface area contributed by atoms with E-state index in [2.05, 4.69) is 4.72 Å². The van der Waals surface area contributed by atoms with E-state index < -0.39 is 10.0 Å². The molecule has 1 aromatic carbocycles. The molecule has 21 heavy (non-hydrogen) atoms. The van der Waals surface area contributed by atoms with E-state index in [1.165, 1.54) is 7.11 Å². The highest BCUT2D eigenvalue weighted by molar-refractivity contribution is 7.92. The number of rotatable bonds is 5. The summed E-state index contributed by atoms with van der Waals surface area (Å²) in [4.78, 5) is 0.0911. The first-order valence-electron chi connectivity index (χ1n) is 6.35. The average molecular weight is 310 g/mol. The predicted octanol–water partition coefficient (Wildman–Crippen LogP) is 2.16. The van der Waals surface area contributed by atoms with Crippen molar-refractivity contribution >= 4 is 15.7 Å². The van der Waals surface area contributed by atoms with Crippen LogP contribution in [0, 0.1) is 13.8 Å². The molecule has 0 radical (unpaired) electrons. The third kappa shape index (κ3) is 2.88. The quantitative estimate of drug-likeness (QED) is 0.882. The van der Waals surface area contributed by atoms with E-state index in [9.17, 15) is 8.42 Å². The summed E-state index contributed by atoms with van der Waals surface area (Å²) in [6.07, 6.45) is 0. The molecular formula is C14H18N2O4S. The SMILES string of the molecule is COc1ccccc1NS(=O)(=O)c1c(C)oc(C)c1CN. The third-order valence-corrected chi connectivity index (χ3v) is 4.71. The van der Waals surface area contributed by atoms with Crippen molar-refractivity contribution < 1.29 is 17.6 Å². The number of aryl methyl sites for hydroxylation is 2. The van der Waals surface area contributed by atoms with Gasteiger partial charge in [-0.25, -0.2) is 8.42 Å². The van der Waals surface area contributed by atoms with Crippen LogP contribution in [0.4, 0.5) is 5.69 Å². The molecule has 0 aliphatic heterocycles. The molecule has 0 amide bonds. The molecule has 0 unspecified atom stereocenters. The molecule has 0 atom stereocenters. The molecule has 1 heterocycles. The summed E-state index contributed by atoms with van der Waals surface area (Å²) in [7, 11) is -2.32. The van der Waals surface area contributed by atoms with Gasteiger partial charge in [-0.1, -0.05) is 12.1 Å². The van der Waals surface area contributed by atoms with E-state index in [-0.39, 0.29) is 11.4 Å². The normalized spacial score (nSPS) is 11.4. The molecule has 0 saturated carbocycles. The van der Waals surface area contributed by atoms with Crippen LogP contribution in [0.25, 0.3) is 0 Å². The molecular weight excluding hydrogens is 292 g/mol. The fourth-order valence-electron chi connectivity index (χ4n) is 2.22. The molecule has 0 fully saturated rings. The first-order chi connectivity index (χ1) is 9.90. The van der Waals surface area contributed by atoms with Gasteiger partial charge >= 0.3 is 0 Å². The Labute approximate surface area is 124 Å². The maximum absolute atomic E-state index is 12.6. The Kier molecular flexibility index (Phi) is 4.24. The highest BCUT2D eigenvalue weighted by Crippen LogP contribution is 2.30. The van der Waals surface area contributed by atoms with E-state index in [1.807, 2.05) is 0 Å². The fourth-order valence-corrected chi connectivity index (χ4v) is 3.75. The smallest absolute Gasteiger partial charge is 0.265 e. The zero-order valence-electron chi connectivity index (χ0n) is 12.1. The van der Waals surface area contributed by atoms with E-state index in [4.69, 9.17) is 14.9 Å². The minimum Gasteiger partial charge on any atom is -0.495 e. The molecule has 0 spiro atoms. The van der Waals surface area contributed by atoms with E-state index in [1.54, 1.807) is 38.1 Å². The minimum atomic E-state index is -3.80. The van der Waals surface area contributed by atoms with Gasteiger partial charge in [0.1, 0.15) is 22.2 Å². The van der Waals surface area contributed by atoms with Crippen LogP contribution in [0.1, 0.15) is 17.1 Å². The minimum absolute atomic E-state index is 0.0886. The van der Waals surface area contributed by atoms with Crippen LogP contribution in [-0.2, 0) is 16.6 Å². The Balaban J connectivity index is 2.49. The number of furan rings is 1. The second-order valence-electron chi connectivity index (χ2n) is 4.53. The van der Waals surface area contributed by atoms with Crippen molar-refractivity contribution in [1.82, 2.24) is 0 Å². The summed E-state index contributed by atoms with van der Waals surface area (Å²) in [5, 5.41) is 0. The predicted molar refractivity (Wildman–Crippen MR) is 79.9 cm³/mol. The zero-order valence-corrected chi connectivity index (χ0v) is 13.0. The standard InChI is InChI=1S/C14H18N2O4S/c1-9-11(8-15)14(10(2)20-9)21(17,18)16-12-6-4-5-7-13(12)19-3/h4-7,16H,8,15H2,1-3H3. The number of nitrogens with one attached hydrogen (secondary N) is 1. The van der Waals surface area contributed by atoms with Crippen LogP contribution < -0.4 is 15.2 Å². The van der Waals surface area contributed by atoms with Gasteiger partial charge in [0.25, 0.3) is 10.0 Å². The van der Waals surface area contributed by atoms with Crippen LogP contribution in [0.5, 0.6) is 5.75 Å². The number of anilines is 1. The van der Waals surface area contributed by atoms with Crippen molar-refractivity contribution in [3.05, 3.63) is 41.3 Å². The van der Waals surface area contributed by atoms with Gasteiger partial charge in [0.05, 0.1) is 12.8 Å². The number of hydrogen-bond donors (Lipinski definition) is 2. The third-order valence-electron chi connectivity index (χ3n) is 3.15. The Morgan fingerprint density at radius 2 is 1.90 bits per heavy atom. The van der Waals surface area contributed by atoms with Gasteiger partial charge < -0.3 is 14.9 Å². The van der Waals surface area contributed by atoms with Crippen LogP contribution in [0.3, 0.4) is 0 Å². The summed E-state index contributed by atoms with van der Waals surface area (Å²) >= 11 is 0. The lowest BCUT2D eigenvalue weighted by atomic mass is 10.2. The zero-order chi connectivity index (χ0) is 15.6. The summed E-state index contributed by atoms with van der Waals surface area (Å²) in [6, 6.07) is 6.78. The summed E-state index contributed by atoms with van der Waals surface area (Å²) in [5.74, 6) is 1.26. The number of methoxy groups -OCH3 is 1. The van der Waals surface area contributed by atoms with Crippen LogP contribution in [0.15, 0.2) is 33.6 Å². The van der Waals surface area contributed by atoms with Gasteiger partial charge in [0, 0.05) is 12.1 Å². The van der Waals surface area contributed by atoms with Crippen LogP contribution in [-0.4, -0.2) is 15.5 Å². The van der Waals surface area contributed by atoms with Gasteiger partial charge in [0.2, 0.25) is 0 Å². The Morgan fingerprint density at radius 1 is 1.24 bits per heavy atom. The van der Waals surface area contributed by atoms with Crippen molar-refractivity contribution in [2.24, 2.45) is 5.73 Å². The largest absolute Gasteiger partial charge is 0.495 e. The molecule has 0 saturated heterocycles. The summed E-state index contributed by atoms with van der Waals surface area (Å²) < 4.78 is 38.2. The first-order valence-corrected chi connectivity index (χ1v) is 7.83. The highest BCUT2D eigenvalue weighted by Gasteiger charge is 2.27. The molecule has 7 heteroatoms. The van der Waals surface area contributed by atoms with Gasteiger partial charge in [0.15, 0.2) is 0 Å². The number of hydrogen-bond acceptors (Lipinski definition) is 5. The first kappa shape index (κ1) is 15.4. The van der Waals surface area contributed by atoms with Crippen molar-refractivity contribution in [3.63, 3.8) is 0 Å². The number of benzene rings is 1. The van der Waals surface area contributed by atoms with Crippen molar-refractivity contribution in [2.45, 2.75) is 25.3 Å². The van der Waals surface area contributed by atoms with Crippen LogP contribution in [0.2, 0.25) is 0 Å². The average Bonchev–Trinajstić information content (AvgIpc) is 2.73. The van der Waals surface area contributed by atoms with Gasteiger partial charge in [-0.05, 0) is 26.0 Å². The van der Waals surface area contributed by atoms with E-state index in [0.717, 1.165) is 0 Å². The highest BCUT2D eigenvalue weighted by atomic mass is 32.2. The summed E-state index contributed by atoms with van der Waals surface area (Å²) in [6.45, 7) is 3.38. The Morgan fingerprint density at radius 3 is 2.52 bits per heavy atom. The molecule has 2 aromatic rings. The lowest BCUT2D eigenvalue weighted by Crippen LogP contribution is -2.16. The number of para-hydroxylation sites is 2. The maximum Gasteiger partial charge on any atom is 0.265 e. The molecule has 3 N–H and O–H groups in total. The van der Waals surface area contributed by atoms with Crippen molar-refractivity contribution in [1.29, 1.82) is 0 Å². The lowest BCUT2D eigenvalue weighted by Gasteiger charge is -2.12. The monoisotopic (exact) mass is 310 g/mol. The molecule has 0 aliphatic carbocycles. The molecule has 2 rings (SSSR count). The van der Waals surface area contributed by atoms with Gasteiger partial charge in [-0.2, -0.15) is 0 Å². The molecule has 0 aliphatic rings.